The van der Waals surface area contributed by atoms with Gasteiger partial charge in [0.2, 0.25) is 5.91 Å². The standard InChI is InChI=1S/C17H27N3OS/c1-14-6-11-22-16(14)12-18-17(21)13-19-7-9-20(10-8-19)15-4-2-3-5-15/h6,11,15H,2-5,7-10,12-13H2,1H3,(H,18,21). The summed E-state index contributed by atoms with van der Waals surface area (Å²) >= 11 is 1.72. The third kappa shape index (κ3) is 4.09. The molecule has 1 aliphatic heterocycles. The first-order valence-corrected chi connectivity index (χ1v) is 9.36. The van der Waals surface area contributed by atoms with Crippen molar-refractivity contribution in [2.24, 2.45) is 0 Å². The molecule has 3 rings (SSSR count). The van der Waals surface area contributed by atoms with E-state index in [1.165, 1.54) is 36.1 Å². The highest BCUT2D eigenvalue weighted by molar-refractivity contribution is 7.10. The number of rotatable bonds is 5. The van der Waals surface area contributed by atoms with E-state index in [1.807, 2.05) is 0 Å². The van der Waals surface area contributed by atoms with Crippen LogP contribution in [-0.2, 0) is 11.3 Å². The maximum absolute atomic E-state index is 12.1. The Morgan fingerprint density at radius 3 is 2.64 bits per heavy atom. The normalized spacial score (nSPS) is 21.3. The number of aryl methyl sites for hydroxylation is 1. The summed E-state index contributed by atoms with van der Waals surface area (Å²) < 4.78 is 0. The number of hydrogen-bond donors (Lipinski definition) is 1. The third-order valence-corrected chi connectivity index (χ3v) is 6.05. The molecule has 0 unspecified atom stereocenters. The Morgan fingerprint density at radius 2 is 2.00 bits per heavy atom. The third-order valence-electron chi connectivity index (χ3n) is 5.03. The zero-order valence-electron chi connectivity index (χ0n) is 13.5. The van der Waals surface area contributed by atoms with Crippen LogP contribution in [-0.4, -0.2) is 54.5 Å². The molecule has 122 valence electrons. The van der Waals surface area contributed by atoms with Crippen LogP contribution in [0.1, 0.15) is 36.1 Å². The molecule has 2 heterocycles. The van der Waals surface area contributed by atoms with Crippen LogP contribution in [0.2, 0.25) is 0 Å². The van der Waals surface area contributed by atoms with E-state index < -0.39 is 0 Å². The second-order valence-corrected chi connectivity index (χ2v) is 7.55. The quantitative estimate of drug-likeness (QED) is 0.903. The summed E-state index contributed by atoms with van der Waals surface area (Å²) in [5, 5.41) is 5.14. The Balaban J connectivity index is 1.37. The van der Waals surface area contributed by atoms with E-state index in [9.17, 15) is 4.79 Å². The maximum Gasteiger partial charge on any atom is 0.234 e. The zero-order chi connectivity index (χ0) is 15.4. The van der Waals surface area contributed by atoms with Gasteiger partial charge in [-0.05, 0) is 36.8 Å². The molecule has 0 radical (unpaired) electrons. The number of carbonyl (C=O) groups excluding carboxylic acids is 1. The summed E-state index contributed by atoms with van der Waals surface area (Å²) in [5.74, 6) is 0.155. The van der Waals surface area contributed by atoms with E-state index in [4.69, 9.17) is 0 Å². The number of piperazine rings is 1. The minimum atomic E-state index is 0.155. The van der Waals surface area contributed by atoms with Crippen LogP contribution in [0.15, 0.2) is 11.4 Å². The van der Waals surface area contributed by atoms with Crippen molar-refractivity contribution in [1.29, 1.82) is 0 Å². The Kier molecular flexibility index (Phi) is 5.50. The highest BCUT2D eigenvalue weighted by Crippen LogP contribution is 2.24. The number of nitrogens with zero attached hydrogens (tertiary/aromatic N) is 2. The van der Waals surface area contributed by atoms with Crippen molar-refractivity contribution in [3.63, 3.8) is 0 Å². The molecule has 0 atom stereocenters. The molecule has 4 nitrogen and oxygen atoms in total. The van der Waals surface area contributed by atoms with Gasteiger partial charge in [0.05, 0.1) is 13.1 Å². The van der Waals surface area contributed by atoms with Gasteiger partial charge in [-0.2, -0.15) is 0 Å². The van der Waals surface area contributed by atoms with Crippen LogP contribution >= 0.6 is 11.3 Å². The van der Waals surface area contributed by atoms with Crippen molar-refractivity contribution in [1.82, 2.24) is 15.1 Å². The number of thiophene rings is 1. The number of amides is 1. The average Bonchev–Trinajstić information content (AvgIpc) is 3.18. The fourth-order valence-electron chi connectivity index (χ4n) is 3.58. The molecule has 1 N–H and O–H groups in total. The highest BCUT2D eigenvalue weighted by Gasteiger charge is 2.26. The van der Waals surface area contributed by atoms with Crippen LogP contribution in [0.5, 0.6) is 0 Å². The van der Waals surface area contributed by atoms with Gasteiger partial charge >= 0.3 is 0 Å². The predicted octanol–water partition coefficient (Wildman–Crippen LogP) is 2.23. The number of carbonyl (C=O) groups is 1. The Morgan fingerprint density at radius 1 is 1.27 bits per heavy atom. The summed E-state index contributed by atoms with van der Waals surface area (Å²) in [6.07, 6.45) is 5.55. The molecular formula is C17H27N3OS. The SMILES string of the molecule is Cc1ccsc1CNC(=O)CN1CCN(C2CCCC2)CC1. The summed E-state index contributed by atoms with van der Waals surface area (Å²) in [5.41, 5.74) is 1.27. The lowest BCUT2D eigenvalue weighted by Gasteiger charge is -2.37. The van der Waals surface area contributed by atoms with Crippen molar-refractivity contribution in [2.45, 2.75) is 45.2 Å². The summed E-state index contributed by atoms with van der Waals surface area (Å²) in [7, 11) is 0. The first-order valence-electron chi connectivity index (χ1n) is 8.48. The molecular weight excluding hydrogens is 294 g/mol. The van der Waals surface area contributed by atoms with Crippen molar-refractivity contribution in [3.05, 3.63) is 21.9 Å². The fourth-order valence-corrected chi connectivity index (χ4v) is 4.42. The zero-order valence-corrected chi connectivity index (χ0v) is 14.3. The minimum Gasteiger partial charge on any atom is -0.350 e. The van der Waals surface area contributed by atoms with E-state index in [-0.39, 0.29) is 5.91 Å². The average molecular weight is 321 g/mol. The summed E-state index contributed by atoms with van der Waals surface area (Å²) in [6, 6.07) is 2.92. The van der Waals surface area contributed by atoms with E-state index in [0.29, 0.717) is 13.1 Å². The summed E-state index contributed by atoms with van der Waals surface area (Å²) in [6.45, 7) is 7.63. The molecule has 2 aliphatic rings. The second kappa shape index (κ2) is 7.57. The fraction of sp³-hybridized carbons (Fsp3) is 0.706. The van der Waals surface area contributed by atoms with Gasteiger partial charge in [-0.25, -0.2) is 0 Å². The largest absolute Gasteiger partial charge is 0.350 e. The molecule has 5 heteroatoms. The van der Waals surface area contributed by atoms with Crippen LogP contribution in [0, 0.1) is 6.92 Å². The molecule has 1 saturated heterocycles. The van der Waals surface area contributed by atoms with Gasteiger partial charge in [-0.3, -0.25) is 14.6 Å². The van der Waals surface area contributed by atoms with Gasteiger partial charge in [0.1, 0.15) is 0 Å². The van der Waals surface area contributed by atoms with Crippen LogP contribution in [0.4, 0.5) is 0 Å². The lowest BCUT2D eigenvalue weighted by Crippen LogP contribution is -2.51. The molecule has 1 aromatic rings. The molecule has 22 heavy (non-hydrogen) atoms. The van der Waals surface area contributed by atoms with Crippen molar-refractivity contribution in [2.75, 3.05) is 32.7 Å². The van der Waals surface area contributed by atoms with Crippen LogP contribution < -0.4 is 5.32 Å². The molecule has 1 aliphatic carbocycles. The smallest absolute Gasteiger partial charge is 0.234 e. The lowest BCUT2D eigenvalue weighted by molar-refractivity contribution is -0.122. The van der Waals surface area contributed by atoms with Crippen molar-refractivity contribution >= 4 is 17.2 Å². The Labute approximate surface area is 137 Å². The van der Waals surface area contributed by atoms with E-state index in [2.05, 4.69) is 33.5 Å². The first kappa shape index (κ1) is 16.0. The van der Waals surface area contributed by atoms with Gasteiger partial charge < -0.3 is 5.32 Å². The molecule has 2 fully saturated rings. The Hall–Kier alpha value is -0.910. The van der Waals surface area contributed by atoms with Gasteiger partial charge in [-0.15, -0.1) is 11.3 Å². The van der Waals surface area contributed by atoms with E-state index in [0.717, 1.165) is 32.2 Å². The highest BCUT2D eigenvalue weighted by atomic mass is 32.1. The molecule has 1 aromatic heterocycles. The molecule has 0 bridgehead atoms. The first-order chi connectivity index (χ1) is 10.7. The van der Waals surface area contributed by atoms with Crippen molar-refractivity contribution in [3.8, 4) is 0 Å². The predicted molar refractivity (Wildman–Crippen MR) is 91.2 cm³/mol. The van der Waals surface area contributed by atoms with E-state index >= 15 is 0 Å². The van der Waals surface area contributed by atoms with Gasteiger partial charge in [0, 0.05) is 37.1 Å². The second-order valence-electron chi connectivity index (χ2n) is 6.55. The maximum atomic E-state index is 12.1. The van der Waals surface area contributed by atoms with Crippen molar-refractivity contribution < 1.29 is 4.79 Å². The number of nitrogens with one attached hydrogen (secondary N) is 1. The summed E-state index contributed by atoms with van der Waals surface area (Å²) in [4.78, 5) is 18.3. The number of hydrogen-bond acceptors (Lipinski definition) is 4. The van der Waals surface area contributed by atoms with Gasteiger partial charge in [0.15, 0.2) is 0 Å². The minimum absolute atomic E-state index is 0.155. The van der Waals surface area contributed by atoms with E-state index in [1.54, 1.807) is 11.3 Å². The lowest BCUT2D eigenvalue weighted by atomic mass is 10.2. The molecule has 1 amide bonds. The van der Waals surface area contributed by atoms with Crippen LogP contribution in [0.3, 0.4) is 0 Å². The molecule has 1 saturated carbocycles. The van der Waals surface area contributed by atoms with Gasteiger partial charge in [-0.1, -0.05) is 12.8 Å². The molecule has 0 aromatic carbocycles. The van der Waals surface area contributed by atoms with Gasteiger partial charge in [0.25, 0.3) is 0 Å². The topological polar surface area (TPSA) is 35.6 Å². The Bertz CT molecular complexity index is 488. The van der Waals surface area contributed by atoms with Crippen LogP contribution in [0.25, 0.3) is 0 Å². The monoisotopic (exact) mass is 321 g/mol. The molecule has 0 spiro atoms.